The first-order valence-electron chi connectivity index (χ1n) is 11.0. The number of rotatable bonds is 10. The van der Waals surface area contributed by atoms with Gasteiger partial charge in [0.15, 0.2) is 17.3 Å². The normalized spacial score (nSPS) is 10.8. The highest BCUT2D eigenvalue weighted by Crippen LogP contribution is 2.36. The number of halogens is 1. The molecule has 186 valence electrons. The first-order valence-corrected chi connectivity index (χ1v) is 11.9. The van der Waals surface area contributed by atoms with Gasteiger partial charge in [-0.1, -0.05) is 12.1 Å². The molecule has 1 amide bonds. The van der Waals surface area contributed by atoms with E-state index in [1.165, 1.54) is 43.8 Å². The molecule has 0 bridgehead atoms. The van der Waals surface area contributed by atoms with Crippen molar-refractivity contribution in [1.82, 2.24) is 10.3 Å². The third-order valence-electron chi connectivity index (χ3n) is 5.36. The van der Waals surface area contributed by atoms with Crippen LogP contribution in [-0.2, 0) is 0 Å². The second kappa shape index (κ2) is 11.1. The lowest BCUT2D eigenvalue weighted by Crippen LogP contribution is -2.30. The number of hydrogen-bond donors (Lipinski definition) is 2. The van der Waals surface area contributed by atoms with E-state index in [1.54, 1.807) is 35.7 Å². The molecule has 0 aliphatic carbocycles. The van der Waals surface area contributed by atoms with Crippen LogP contribution in [0.3, 0.4) is 0 Å². The van der Waals surface area contributed by atoms with Gasteiger partial charge >= 0.3 is 0 Å². The number of aromatic nitrogens is 1. The summed E-state index contributed by atoms with van der Waals surface area (Å²) in [6.45, 7) is 0.361. The molecule has 4 aromatic rings. The van der Waals surface area contributed by atoms with Gasteiger partial charge in [0.25, 0.3) is 5.91 Å². The summed E-state index contributed by atoms with van der Waals surface area (Å²) in [5.41, 5.74) is 7.03. The van der Waals surface area contributed by atoms with Crippen molar-refractivity contribution in [3.8, 4) is 28.5 Å². The lowest BCUT2D eigenvalue weighted by molar-refractivity contribution is 0.0902. The topological polar surface area (TPSA) is 113 Å². The number of benzene rings is 2. The summed E-state index contributed by atoms with van der Waals surface area (Å²) < 4.78 is 30.8. The van der Waals surface area contributed by atoms with Crippen molar-refractivity contribution in [3.63, 3.8) is 0 Å². The Balaban J connectivity index is 1.53. The second-order valence-corrected chi connectivity index (χ2v) is 8.53. The molecular weight excluding hydrogens is 485 g/mol. The fraction of sp³-hybridized carbons (Fsp3) is 0.192. The summed E-state index contributed by atoms with van der Waals surface area (Å²) >= 11 is 1.26. The van der Waals surface area contributed by atoms with Crippen LogP contribution < -0.4 is 25.3 Å². The summed E-state index contributed by atoms with van der Waals surface area (Å²) in [6.07, 6.45) is 0. The highest BCUT2D eigenvalue weighted by Gasteiger charge is 2.18. The number of ether oxygens (including phenoxy) is 3. The minimum atomic E-state index is -0.463. The molecule has 0 spiro atoms. The van der Waals surface area contributed by atoms with E-state index in [1.807, 2.05) is 0 Å². The molecule has 3 N–H and O–H groups in total. The lowest BCUT2D eigenvalue weighted by atomic mass is 10.1. The van der Waals surface area contributed by atoms with Crippen molar-refractivity contribution >= 4 is 33.1 Å². The van der Waals surface area contributed by atoms with Crippen LogP contribution in [0.4, 0.5) is 4.39 Å². The molecule has 0 atom stereocenters. The van der Waals surface area contributed by atoms with E-state index >= 15 is 0 Å². The van der Waals surface area contributed by atoms with Crippen LogP contribution in [0.1, 0.15) is 20.8 Å². The van der Waals surface area contributed by atoms with Gasteiger partial charge in [-0.05, 0) is 24.3 Å². The van der Waals surface area contributed by atoms with Gasteiger partial charge < -0.3 is 25.3 Å². The van der Waals surface area contributed by atoms with Gasteiger partial charge in [0, 0.05) is 40.6 Å². The number of nitrogens with zero attached hydrogens (tertiary/aromatic N) is 1. The van der Waals surface area contributed by atoms with Gasteiger partial charge in [0.1, 0.15) is 23.9 Å². The van der Waals surface area contributed by atoms with Gasteiger partial charge in [-0.2, -0.15) is 0 Å². The Morgan fingerprint density at radius 3 is 2.67 bits per heavy atom. The largest absolute Gasteiger partial charge is 0.497 e. The van der Waals surface area contributed by atoms with Gasteiger partial charge in [-0.25, -0.2) is 9.37 Å². The maximum absolute atomic E-state index is 14.2. The number of hydrogen-bond acceptors (Lipinski definition) is 8. The molecule has 10 heteroatoms. The van der Waals surface area contributed by atoms with E-state index < -0.39 is 11.7 Å². The summed E-state index contributed by atoms with van der Waals surface area (Å²) in [5, 5.41) is 5.09. The maximum Gasteiger partial charge on any atom is 0.251 e. The van der Waals surface area contributed by atoms with Crippen LogP contribution in [0, 0.1) is 5.82 Å². The number of Topliss-reactive ketones (excluding diaryl/α,β-unsaturated/α-hetero) is 1. The number of fused-ring (bicyclic) bond motifs is 1. The average molecular weight is 510 g/mol. The molecule has 2 aromatic carbocycles. The Morgan fingerprint density at radius 1 is 1.08 bits per heavy atom. The van der Waals surface area contributed by atoms with Gasteiger partial charge in [0.05, 0.1) is 31.2 Å². The fourth-order valence-corrected chi connectivity index (χ4v) is 4.54. The molecule has 0 aliphatic rings. The molecule has 8 nitrogen and oxygen atoms in total. The second-order valence-electron chi connectivity index (χ2n) is 7.65. The Bertz CT molecular complexity index is 1420. The molecule has 0 saturated heterocycles. The number of nitrogens with two attached hydrogens (primary N) is 1. The van der Waals surface area contributed by atoms with Crippen molar-refractivity contribution in [2.75, 3.05) is 33.9 Å². The Hall–Kier alpha value is -4.02. The maximum atomic E-state index is 14.2. The van der Waals surface area contributed by atoms with Crippen LogP contribution in [-0.4, -0.2) is 50.6 Å². The molecule has 0 saturated carbocycles. The zero-order valence-electron chi connectivity index (χ0n) is 19.7. The minimum Gasteiger partial charge on any atom is -0.497 e. The Morgan fingerprint density at radius 2 is 1.92 bits per heavy atom. The summed E-state index contributed by atoms with van der Waals surface area (Å²) in [5.74, 6) is 0.0634. The number of thiophene rings is 1. The number of pyridine rings is 1. The average Bonchev–Trinajstić information content (AvgIpc) is 3.35. The number of amides is 1. The summed E-state index contributed by atoms with van der Waals surface area (Å²) in [6, 6.07) is 12.7. The van der Waals surface area contributed by atoms with Crippen LogP contribution in [0.5, 0.6) is 17.2 Å². The molecule has 2 heterocycles. The van der Waals surface area contributed by atoms with Crippen molar-refractivity contribution < 1.29 is 28.2 Å². The molecule has 0 fully saturated rings. The van der Waals surface area contributed by atoms with Crippen molar-refractivity contribution in [3.05, 3.63) is 71.0 Å². The van der Waals surface area contributed by atoms with Gasteiger partial charge in [0.2, 0.25) is 0 Å². The van der Waals surface area contributed by atoms with E-state index in [9.17, 15) is 14.0 Å². The highest BCUT2D eigenvalue weighted by atomic mass is 32.1. The number of carbonyl (C=O) groups excluding carboxylic acids is 2. The molecule has 2 aromatic heterocycles. The standard InChI is InChI=1S/C26H24FN3O5S/c1-33-16-11-20(18-14-36-25-17(18)4-3-5-19(25)27)30-21(12-16)22(31)13-29-26(32)15-6-7-23(35-9-8-28)24(10-15)34-2/h3-7,10-12,14H,8-9,13,28H2,1-2H3,(H,29,32). The van der Waals surface area contributed by atoms with Crippen molar-refractivity contribution in [2.45, 2.75) is 0 Å². The van der Waals surface area contributed by atoms with Crippen molar-refractivity contribution in [1.29, 1.82) is 0 Å². The zero-order valence-corrected chi connectivity index (χ0v) is 20.5. The minimum absolute atomic E-state index is 0.114. The molecule has 36 heavy (non-hydrogen) atoms. The fourth-order valence-electron chi connectivity index (χ4n) is 3.57. The first kappa shape index (κ1) is 25.1. The van der Waals surface area contributed by atoms with Crippen LogP contribution >= 0.6 is 11.3 Å². The summed E-state index contributed by atoms with van der Waals surface area (Å²) in [4.78, 5) is 30.1. The quantitative estimate of drug-likeness (QED) is 0.310. The predicted molar refractivity (Wildman–Crippen MR) is 136 cm³/mol. The van der Waals surface area contributed by atoms with Gasteiger partial charge in [-0.3, -0.25) is 9.59 Å². The zero-order chi connectivity index (χ0) is 25.7. The number of nitrogens with one attached hydrogen (secondary N) is 1. The first-order chi connectivity index (χ1) is 17.4. The van der Waals surface area contributed by atoms with E-state index in [2.05, 4.69) is 10.3 Å². The third kappa shape index (κ3) is 5.29. The van der Waals surface area contributed by atoms with Crippen LogP contribution in [0.25, 0.3) is 21.3 Å². The molecular formula is C26H24FN3O5S. The lowest BCUT2D eigenvalue weighted by Gasteiger charge is -2.12. The molecule has 4 rings (SSSR count). The number of ketones is 1. The van der Waals surface area contributed by atoms with Crippen molar-refractivity contribution in [2.24, 2.45) is 5.73 Å². The number of methoxy groups -OCH3 is 2. The SMILES string of the molecule is COc1cc(C(=O)CNC(=O)c2ccc(OCCN)c(OC)c2)nc(-c2csc3c(F)cccc23)c1. The van der Waals surface area contributed by atoms with E-state index in [4.69, 9.17) is 19.9 Å². The summed E-state index contributed by atoms with van der Waals surface area (Å²) in [7, 11) is 2.95. The van der Waals surface area contributed by atoms with E-state index in [-0.39, 0.29) is 18.1 Å². The smallest absolute Gasteiger partial charge is 0.251 e. The third-order valence-corrected chi connectivity index (χ3v) is 6.36. The van der Waals surface area contributed by atoms with Gasteiger partial charge in [-0.15, -0.1) is 11.3 Å². The molecule has 0 radical (unpaired) electrons. The van der Waals surface area contributed by atoms with E-state index in [0.29, 0.717) is 57.3 Å². The highest BCUT2D eigenvalue weighted by molar-refractivity contribution is 7.17. The number of carbonyl (C=O) groups is 2. The monoisotopic (exact) mass is 509 g/mol. The van der Waals surface area contributed by atoms with E-state index in [0.717, 1.165) is 0 Å². The molecule has 0 aliphatic heterocycles. The van der Waals surface area contributed by atoms with Crippen LogP contribution in [0.15, 0.2) is 53.9 Å². The predicted octanol–water partition coefficient (Wildman–Crippen LogP) is 4.07. The Labute approximate surface area is 210 Å². The van der Waals surface area contributed by atoms with Crippen LogP contribution in [0.2, 0.25) is 0 Å². The Kier molecular flexibility index (Phi) is 7.77. The molecule has 0 unspecified atom stereocenters.